The molecule has 0 aliphatic rings. The van der Waals surface area contributed by atoms with Gasteiger partial charge in [-0.1, -0.05) is 19.6 Å². The topological polar surface area (TPSA) is 109 Å². The molecule has 4 aromatic heterocycles. The quantitative estimate of drug-likeness (QED) is 0.331. The van der Waals surface area contributed by atoms with Gasteiger partial charge in [0, 0.05) is 19.3 Å². The van der Waals surface area contributed by atoms with Crippen molar-refractivity contribution in [3.8, 4) is 0 Å². The second kappa shape index (κ2) is 10.8. The second-order valence-electron chi connectivity index (χ2n) is 6.72. The molecule has 0 spiro atoms. The summed E-state index contributed by atoms with van der Waals surface area (Å²) >= 11 is 0. The van der Waals surface area contributed by atoms with Gasteiger partial charge in [-0.15, -0.1) is 10.2 Å². The van der Waals surface area contributed by atoms with Gasteiger partial charge in [0.25, 0.3) is 0 Å². The molecule has 0 radical (unpaired) electrons. The number of oxazole rings is 1. The Bertz CT molecular complexity index is 1150. The van der Waals surface area contributed by atoms with Crippen molar-refractivity contribution in [2.75, 3.05) is 0 Å². The van der Waals surface area contributed by atoms with Gasteiger partial charge in [-0.2, -0.15) is 0 Å². The molecule has 4 rings (SSSR count). The van der Waals surface area contributed by atoms with Gasteiger partial charge in [0.2, 0.25) is 0 Å². The van der Waals surface area contributed by atoms with E-state index in [1.165, 1.54) is 10.1 Å². The SMILES string of the molecule is C.CC(=N)n1cc(C)ccc1=N.Cc1ccc2nnc(C)n2c1.Cc1cnc(C)o1. The summed E-state index contributed by atoms with van der Waals surface area (Å²) in [5.74, 6) is 2.91. The van der Waals surface area contributed by atoms with Crippen LogP contribution in [0.15, 0.2) is 47.3 Å². The van der Waals surface area contributed by atoms with Gasteiger partial charge in [-0.05, 0) is 57.9 Å². The highest BCUT2D eigenvalue weighted by atomic mass is 16.3. The number of aromatic nitrogens is 5. The Morgan fingerprint density at radius 3 is 2.07 bits per heavy atom. The summed E-state index contributed by atoms with van der Waals surface area (Å²) in [5, 5.41) is 22.7. The Morgan fingerprint density at radius 1 is 0.933 bits per heavy atom. The maximum atomic E-state index is 7.42. The van der Waals surface area contributed by atoms with Gasteiger partial charge in [-0.25, -0.2) is 4.98 Å². The average Bonchev–Trinajstić information content (AvgIpc) is 3.22. The fourth-order valence-electron chi connectivity index (χ4n) is 2.46. The minimum atomic E-state index is 0. The minimum absolute atomic E-state index is 0. The molecule has 0 atom stereocenters. The molecule has 160 valence electrons. The normalized spacial score (nSPS) is 9.67. The number of hydrogen-bond donors (Lipinski definition) is 2. The van der Waals surface area contributed by atoms with Crippen LogP contribution in [0, 0.1) is 45.4 Å². The first kappa shape index (κ1) is 24.5. The van der Waals surface area contributed by atoms with Crippen LogP contribution in [0.2, 0.25) is 0 Å². The number of pyridine rings is 2. The van der Waals surface area contributed by atoms with Gasteiger partial charge < -0.3 is 4.42 Å². The number of hydrogen-bond acceptors (Lipinski definition) is 6. The third kappa shape index (κ3) is 6.80. The third-order valence-electron chi connectivity index (χ3n) is 3.92. The molecule has 0 saturated carbocycles. The smallest absolute Gasteiger partial charge is 0.191 e. The second-order valence-corrected chi connectivity index (χ2v) is 6.72. The van der Waals surface area contributed by atoms with Crippen LogP contribution in [-0.4, -0.2) is 30.0 Å². The van der Waals surface area contributed by atoms with Crippen LogP contribution in [0.1, 0.15) is 43.0 Å². The third-order valence-corrected chi connectivity index (χ3v) is 3.92. The molecule has 8 nitrogen and oxygen atoms in total. The van der Waals surface area contributed by atoms with E-state index in [0.29, 0.717) is 11.3 Å². The van der Waals surface area contributed by atoms with Crippen molar-refractivity contribution >= 4 is 11.5 Å². The van der Waals surface area contributed by atoms with E-state index in [4.69, 9.17) is 15.2 Å². The highest BCUT2D eigenvalue weighted by Crippen LogP contribution is 2.04. The number of nitrogens with zero attached hydrogens (tertiary/aromatic N) is 5. The lowest BCUT2D eigenvalue weighted by molar-refractivity contribution is 0.494. The lowest BCUT2D eigenvalue weighted by Crippen LogP contribution is -2.23. The summed E-state index contributed by atoms with van der Waals surface area (Å²) in [6.07, 6.45) is 5.52. The first-order valence-corrected chi connectivity index (χ1v) is 9.14. The van der Waals surface area contributed by atoms with Crippen molar-refractivity contribution < 1.29 is 4.42 Å². The van der Waals surface area contributed by atoms with E-state index in [0.717, 1.165) is 28.7 Å². The fraction of sp³-hybridized carbons (Fsp3) is 0.318. The van der Waals surface area contributed by atoms with Crippen LogP contribution in [0.25, 0.3) is 5.65 Å². The number of fused-ring (bicyclic) bond motifs is 1. The summed E-state index contributed by atoms with van der Waals surface area (Å²) < 4.78 is 8.49. The van der Waals surface area contributed by atoms with Crippen molar-refractivity contribution in [3.63, 3.8) is 0 Å². The Hall–Kier alpha value is -3.55. The molecule has 0 bridgehead atoms. The van der Waals surface area contributed by atoms with E-state index in [9.17, 15) is 0 Å². The van der Waals surface area contributed by atoms with E-state index < -0.39 is 0 Å². The molecule has 0 aromatic carbocycles. The van der Waals surface area contributed by atoms with Crippen molar-refractivity contribution in [1.82, 2.24) is 24.1 Å². The van der Waals surface area contributed by atoms with Crippen molar-refractivity contribution in [3.05, 3.63) is 76.9 Å². The predicted octanol–water partition coefficient (Wildman–Crippen LogP) is 4.39. The Balaban J connectivity index is 0.000000227. The Labute approximate surface area is 177 Å². The van der Waals surface area contributed by atoms with Crippen LogP contribution in [-0.2, 0) is 0 Å². The van der Waals surface area contributed by atoms with Gasteiger partial charge in [0.15, 0.2) is 11.5 Å². The van der Waals surface area contributed by atoms with Gasteiger partial charge >= 0.3 is 0 Å². The van der Waals surface area contributed by atoms with Crippen molar-refractivity contribution in [2.24, 2.45) is 0 Å². The van der Waals surface area contributed by atoms with Crippen LogP contribution in [0.4, 0.5) is 0 Å². The number of nitrogens with one attached hydrogen (secondary N) is 2. The number of rotatable bonds is 0. The van der Waals surface area contributed by atoms with Crippen LogP contribution in [0.5, 0.6) is 0 Å². The Kier molecular flexibility index (Phi) is 8.85. The van der Waals surface area contributed by atoms with Gasteiger partial charge in [0.1, 0.15) is 22.9 Å². The zero-order valence-corrected chi connectivity index (χ0v) is 17.7. The lowest BCUT2D eigenvalue weighted by atomic mass is 10.3. The lowest BCUT2D eigenvalue weighted by Gasteiger charge is -2.03. The molecule has 30 heavy (non-hydrogen) atoms. The molecule has 0 fully saturated rings. The summed E-state index contributed by atoms with van der Waals surface area (Å²) in [5.41, 5.74) is 3.55. The van der Waals surface area contributed by atoms with Gasteiger partial charge in [0.05, 0.1) is 6.20 Å². The molecule has 0 unspecified atom stereocenters. The minimum Gasteiger partial charge on any atom is -0.446 e. The van der Waals surface area contributed by atoms with E-state index in [1.54, 1.807) is 25.4 Å². The molecular formula is C22H31N7O. The maximum absolute atomic E-state index is 7.42. The van der Waals surface area contributed by atoms with Crippen molar-refractivity contribution in [1.29, 1.82) is 10.8 Å². The summed E-state index contributed by atoms with van der Waals surface area (Å²) in [6.45, 7) is 11.3. The van der Waals surface area contributed by atoms with Crippen LogP contribution < -0.4 is 5.49 Å². The standard InChI is InChI=1S/C8H9N3.C8H11N3.C5H7NO.CH4/c1-6-3-4-8-10-9-7(2)11(8)5-6;1-6-3-4-8(10)11(5-6)7(2)9;1-4-3-6-5(2)7-4;/h3-5H,1-2H3;3-5,9-10H,1-2H3;3H,1-2H3;1H4. The monoisotopic (exact) mass is 409 g/mol. The molecule has 0 amide bonds. The highest BCUT2D eigenvalue weighted by molar-refractivity contribution is 5.78. The number of aryl methyl sites for hydroxylation is 5. The summed E-state index contributed by atoms with van der Waals surface area (Å²) in [7, 11) is 0. The molecule has 8 heteroatoms. The summed E-state index contributed by atoms with van der Waals surface area (Å²) in [6, 6.07) is 7.55. The molecule has 2 N–H and O–H groups in total. The molecule has 4 heterocycles. The van der Waals surface area contributed by atoms with Crippen LogP contribution in [0.3, 0.4) is 0 Å². The first-order chi connectivity index (χ1) is 13.7. The van der Waals surface area contributed by atoms with E-state index in [2.05, 4.69) is 22.1 Å². The fourth-order valence-corrected chi connectivity index (χ4v) is 2.46. The molecule has 4 aromatic rings. The molecule has 0 aliphatic carbocycles. The Morgan fingerprint density at radius 2 is 1.57 bits per heavy atom. The maximum Gasteiger partial charge on any atom is 0.191 e. The van der Waals surface area contributed by atoms with E-state index in [1.807, 2.05) is 56.5 Å². The van der Waals surface area contributed by atoms with Crippen molar-refractivity contribution in [2.45, 2.75) is 49.0 Å². The van der Waals surface area contributed by atoms with Gasteiger partial charge in [-0.3, -0.25) is 19.8 Å². The average molecular weight is 410 g/mol. The summed E-state index contributed by atoms with van der Waals surface area (Å²) in [4.78, 5) is 3.85. The van der Waals surface area contributed by atoms with Crippen LogP contribution >= 0.6 is 0 Å². The molecule has 0 saturated heterocycles. The first-order valence-electron chi connectivity index (χ1n) is 9.14. The van der Waals surface area contributed by atoms with E-state index in [-0.39, 0.29) is 7.43 Å². The van der Waals surface area contributed by atoms with E-state index >= 15 is 0 Å². The largest absolute Gasteiger partial charge is 0.446 e. The highest BCUT2D eigenvalue weighted by Gasteiger charge is 1.98. The zero-order valence-electron chi connectivity index (χ0n) is 17.7. The zero-order chi connectivity index (χ0) is 21.6. The molecular weight excluding hydrogens is 378 g/mol. The predicted molar refractivity (Wildman–Crippen MR) is 119 cm³/mol. The molecule has 0 aliphatic heterocycles.